The minimum Gasteiger partial charge on any atom is -0.496 e. The van der Waals surface area contributed by atoms with Gasteiger partial charge in [-0.25, -0.2) is 4.98 Å². The summed E-state index contributed by atoms with van der Waals surface area (Å²) >= 11 is 1.76. The molecule has 1 aromatic heterocycles. The average Bonchev–Trinajstić information content (AvgIpc) is 3.21. The molecule has 0 spiro atoms. The lowest BCUT2D eigenvalue weighted by atomic mass is 10.1. The van der Waals surface area contributed by atoms with E-state index in [0.29, 0.717) is 18.8 Å². The summed E-state index contributed by atoms with van der Waals surface area (Å²) in [7, 11) is 4.93. The van der Waals surface area contributed by atoms with Gasteiger partial charge in [0.15, 0.2) is 5.96 Å². The number of guanidine groups is 1. The number of aromatic nitrogens is 1. The smallest absolute Gasteiger partial charge is 0.191 e. The van der Waals surface area contributed by atoms with Crippen molar-refractivity contribution in [3.63, 3.8) is 0 Å². The Bertz CT molecular complexity index is 767. The number of methoxy groups -OCH3 is 3. The van der Waals surface area contributed by atoms with Gasteiger partial charge in [-0.1, -0.05) is 6.92 Å². The number of hydrogen-bond acceptors (Lipinski definition) is 6. The van der Waals surface area contributed by atoms with Gasteiger partial charge in [0, 0.05) is 54.8 Å². The van der Waals surface area contributed by atoms with Crippen LogP contribution in [0.4, 0.5) is 0 Å². The van der Waals surface area contributed by atoms with Gasteiger partial charge in [-0.2, -0.15) is 0 Å². The van der Waals surface area contributed by atoms with Crippen LogP contribution in [-0.4, -0.2) is 51.9 Å². The Morgan fingerprint density at radius 2 is 1.76 bits per heavy atom. The zero-order valence-corrected chi connectivity index (χ0v) is 18.8. The number of thiazole rings is 1. The van der Waals surface area contributed by atoms with Crippen LogP contribution in [0.2, 0.25) is 0 Å². The topological polar surface area (TPSA) is 77.0 Å². The molecule has 29 heavy (non-hydrogen) atoms. The summed E-state index contributed by atoms with van der Waals surface area (Å²) in [4.78, 5) is 10.4. The van der Waals surface area contributed by atoms with Crippen molar-refractivity contribution in [2.24, 2.45) is 4.99 Å². The standard InChI is InChI=1S/C21H32N4O3S/c1-6-16-14-25-20(29-16)9-11-24-21(22-7-2)23-10-8-17-18(27-4)12-15(26-3)13-19(17)28-5/h12-14H,6-11H2,1-5H3,(H2,22,23,24). The third-order valence-electron chi connectivity index (χ3n) is 4.37. The van der Waals surface area contributed by atoms with Crippen molar-refractivity contribution >= 4 is 17.3 Å². The second-order valence-corrected chi connectivity index (χ2v) is 7.47. The summed E-state index contributed by atoms with van der Waals surface area (Å²) in [6, 6.07) is 3.74. The van der Waals surface area contributed by atoms with Crippen LogP contribution in [0.3, 0.4) is 0 Å². The highest BCUT2D eigenvalue weighted by Gasteiger charge is 2.13. The van der Waals surface area contributed by atoms with Crippen molar-refractivity contribution < 1.29 is 14.2 Å². The Hall–Kier alpha value is -2.48. The zero-order chi connectivity index (χ0) is 21.1. The highest BCUT2D eigenvalue weighted by atomic mass is 32.1. The Morgan fingerprint density at radius 3 is 2.31 bits per heavy atom. The lowest BCUT2D eigenvalue weighted by Gasteiger charge is -2.16. The van der Waals surface area contributed by atoms with Gasteiger partial charge in [0.2, 0.25) is 0 Å². The zero-order valence-electron chi connectivity index (χ0n) is 18.0. The second-order valence-electron chi connectivity index (χ2n) is 6.27. The number of ether oxygens (including phenoxy) is 3. The number of hydrogen-bond donors (Lipinski definition) is 2. The molecule has 0 saturated heterocycles. The van der Waals surface area contributed by atoms with E-state index in [9.17, 15) is 0 Å². The molecular formula is C21H32N4O3S. The average molecular weight is 421 g/mol. The van der Waals surface area contributed by atoms with Crippen LogP contribution < -0.4 is 24.8 Å². The van der Waals surface area contributed by atoms with Crippen LogP contribution >= 0.6 is 11.3 Å². The monoisotopic (exact) mass is 420 g/mol. The van der Waals surface area contributed by atoms with Gasteiger partial charge < -0.3 is 24.8 Å². The van der Waals surface area contributed by atoms with Crippen LogP contribution in [0.15, 0.2) is 23.3 Å². The van der Waals surface area contributed by atoms with E-state index in [4.69, 9.17) is 14.2 Å². The Kier molecular flexibility index (Phi) is 9.56. The number of nitrogens with one attached hydrogen (secondary N) is 2. The molecule has 0 atom stereocenters. The van der Waals surface area contributed by atoms with E-state index in [1.807, 2.05) is 18.3 Å². The molecule has 1 heterocycles. The van der Waals surface area contributed by atoms with Gasteiger partial charge in [0.1, 0.15) is 17.2 Å². The first-order valence-corrected chi connectivity index (χ1v) is 10.7. The van der Waals surface area contributed by atoms with Gasteiger partial charge in [-0.15, -0.1) is 11.3 Å². The summed E-state index contributed by atoms with van der Waals surface area (Å²) in [6.45, 7) is 6.40. The van der Waals surface area contributed by atoms with Gasteiger partial charge >= 0.3 is 0 Å². The molecule has 0 aliphatic rings. The molecule has 2 N–H and O–H groups in total. The SMILES string of the molecule is CCNC(=NCCc1ncc(CC)s1)NCCc1c(OC)cc(OC)cc1OC. The van der Waals surface area contributed by atoms with Crippen molar-refractivity contribution in [3.8, 4) is 17.2 Å². The van der Waals surface area contributed by atoms with E-state index in [2.05, 4.69) is 34.5 Å². The first-order chi connectivity index (χ1) is 14.1. The number of rotatable bonds is 11. The predicted molar refractivity (Wildman–Crippen MR) is 119 cm³/mol. The molecule has 0 saturated carbocycles. The van der Waals surface area contributed by atoms with Crippen molar-refractivity contribution in [1.82, 2.24) is 15.6 Å². The Labute approximate surface area is 177 Å². The molecule has 0 amide bonds. The van der Waals surface area contributed by atoms with Gasteiger partial charge in [0.05, 0.1) is 26.3 Å². The molecule has 1 aromatic carbocycles. The number of nitrogens with zero attached hydrogens (tertiary/aromatic N) is 2. The van der Waals surface area contributed by atoms with Crippen molar-refractivity contribution in [1.29, 1.82) is 0 Å². The first-order valence-electron chi connectivity index (χ1n) is 9.89. The summed E-state index contributed by atoms with van der Waals surface area (Å²) in [6.07, 6.45) is 4.57. The number of benzene rings is 1. The van der Waals surface area contributed by atoms with E-state index in [1.165, 1.54) is 4.88 Å². The molecule has 2 rings (SSSR count). The normalized spacial score (nSPS) is 11.3. The maximum absolute atomic E-state index is 5.52. The molecule has 0 unspecified atom stereocenters. The maximum atomic E-state index is 5.52. The van der Waals surface area contributed by atoms with Crippen molar-refractivity contribution in [2.75, 3.05) is 41.0 Å². The first kappa shape index (κ1) is 22.8. The quantitative estimate of drug-likeness (QED) is 0.430. The van der Waals surface area contributed by atoms with Gasteiger partial charge in [0.25, 0.3) is 0 Å². The van der Waals surface area contributed by atoms with E-state index < -0.39 is 0 Å². The van der Waals surface area contributed by atoms with Gasteiger partial charge in [-0.3, -0.25) is 4.99 Å². The minimum absolute atomic E-state index is 0.696. The molecule has 160 valence electrons. The molecule has 0 aliphatic heterocycles. The molecule has 0 aliphatic carbocycles. The molecule has 0 fully saturated rings. The third-order valence-corrected chi connectivity index (χ3v) is 5.58. The fourth-order valence-electron chi connectivity index (χ4n) is 2.86. The van der Waals surface area contributed by atoms with E-state index in [-0.39, 0.29) is 0 Å². The lowest BCUT2D eigenvalue weighted by Crippen LogP contribution is -2.38. The summed E-state index contributed by atoms with van der Waals surface area (Å²) in [5.74, 6) is 3.01. The van der Waals surface area contributed by atoms with E-state index >= 15 is 0 Å². The summed E-state index contributed by atoms with van der Waals surface area (Å²) in [5, 5.41) is 7.80. The van der Waals surface area contributed by atoms with Crippen molar-refractivity contribution in [2.45, 2.75) is 33.1 Å². The van der Waals surface area contributed by atoms with Gasteiger partial charge in [-0.05, 0) is 19.8 Å². The van der Waals surface area contributed by atoms with Crippen LogP contribution in [0, 0.1) is 0 Å². The van der Waals surface area contributed by atoms with Crippen LogP contribution in [0.25, 0.3) is 0 Å². The lowest BCUT2D eigenvalue weighted by molar-refractivity contribution is 0.368. The third kappa shape index (κ3) is 6.81. The molecule has 8 heteroatoms. The number of aryl methyl sites for hydroxylation is 1. The fourth-order valence-corrected chi connectivity index (χ4v) is 3.71. The number of aliphatic imine (C=N–C) groups is 1. The molecule has 7 nitrogen and oxygen atoms in total. The second kappa shape index (κ2) is 12.2. The highest BCUT2D eigenvalue weighted by molar-refractivity contribution is 7.11. The maximum Gasteiger partial charge on any atom is 0.191 e. The highest BCUT2D eigenvalue weighted by Crippen LogP contribution is 2.34. The van der Waals surface area contributed by atoms with Crippen LogP contribution in [0.1, 0.15) is 29.3 Å². The molecule has 0 radical (unpaired) electrons. The summed E-state index contributed by atoms with van der Waals surface area (Å²) in [5.41, 5.74) is 0.994. The molecule has 2 aromatic rings. The molecular weight excluding hydrogens is 388 g/mol. The Morgan fingerprint density at radius 1 is 1.03 bits per heavy atom. The minimum atomic E-state index is 0.696. The van der Waals surface area contributed by atoms with E-state index in [1.54, 1.807) is 32.7 Å². The summed E-state index contributed by atoms with van der Waals surface area (Å²) < 4.78 is 16.4. The van der Waals surface area contributed by atoms with Crippen molar-refractivity contribution in [3.05, 3.63) is 33.8 Å². The van der Waals surface area contributed by atoms with Crippen LogP contribution in [-0.2, 0) is 19.3 Å². The van der Waals surface area contributed by atoms with Crippen LogP contribution in [0.5, 0.6) is 17.2 Å². The Balaban J connectivity index is 1.96. The predicted octanol–water partition coefficient (Wildman–Crippen LogP) is 3.07. The van der Waals surface area contributed by atoms with E-state index in [0.717, 1.165) is 53.8 Å². The fraction of sp³-hybridized carbons (Fsp3) is 0.524. The molecule has 0 bridgehead atoms. The largest absolute Gasteiger partial charge is 0.496 e.